The van der Waals surface area contributed by atoms with Crippen molar-refractivity contribution in [1.82, 2.24) is 20.1 Å². The number of aryl methyl sites for hydroxylation is 1. The number of carbonyl (C=O) groups is 3. The van der Waals surface area contributed by atoms with E-state index in [2.05, 4.69) is 16.0 Å². The van der Waals surface area contributed by atoms with Crippen molar-refractivity contribution in [3.63, 3.8) is 0 Å². The molecule has 2 aromatic carbocycles. The molecule has 3 amide bonds. The van der Waals surface area contributed by atoms with Gasteiger partial charge < -0.3 is 25.4 Å². The van der Waals surface area contributed by atoms with Crippen LogP contribution in [-0.2, 0) is 28.0 Å². The van der Waals surface area contributed by atoms with Crippen LogP contribution in [0.15, 0.2) is 54.7 Å². The van der Waals surface area contributed by atoms with E-state index in [1.165, 1.54) is 0 Å². The molecular formula is C27H33N5O3. The van der Waals surface area contributed by atoms with Gasteiger partial charge in [0.15, 0.2) is 0 Å². The molecule has 0 radical (unpaired) electrons. The number of amides is 3. The number of fused-ring (bicyclic) bond motifs is 2. The zero-order chi connectivity index (χ0) is 25.3. The van der Waals surface area contributed by atoms with Crippen LogP contribution in [0.3, 0.4) is 0 Å². The van der Waals surface area contributed by atoms with Crippen molar-refractivity contribution in [3.8, 4) is 0 Å². The minimum Gasteiger partial charge on any atom is -0.350 e. The lowest BCUT2D eigenvalue weighted by molar-refractivity contribution is -0.143. The van der Waals surface area contributed by atoms with Gasteiger partial charge in [0, 0.05) is 30.7 Å². The Balaban J connectivity index is 1.65. The van der Waals surface area contributed by atoms with Gasteiger partial charge in [-0.2, -0.15) is 0 Å². The first-order chi connectivity index (χ1) is 16.7. The Labute approximate surface area is 205 Å². The van der Waals surface area contributed by atoms with Crippen molar-refractivity contribution in [3.05, 3.63) is 65.9 Å². The number of nitrogens with one attached hydrogen (secondary N) is 3. The van der Waals surface area contributed by atoms with E-state index in [-0.39, 0.29) is 23.6 Å². The molecule has 8 heteroatoms. The molecule has 2 heterocycles. The van der Waals surface area contributed by atoms with E-state index in [1.54, 1.807) is 18.9 Å². The zero-order valence-corrected chi connectivity index (χ0v) is 20.8. The lowest BCUT2D eigenvalue weighted by Crippen LogP contribution is -2.55. The van der Waals surface area contributed by atoms with Gasteiger partial charge in [-0.05, 0) is 49.2 Å². The number of nitrogens with zero attached hydrogens (tertiary/aromatic N) is 2. The minimum atomic E-state index is -0.794. The van der Waals surface area contributed by atoms with Crippen molar-refractivity contribution in [2.24, 2.45) is 13.0 Å². The summed E-state index contributed by atoms with van der Waals surface area (Å²) < 4.78 is 1.99. The normalized spacial score (nSPS) is 16.7. The summed E-state index contributed by atoms with van der Waals surface area (Å²) in [4.78, 5) is 41.7. The number of carbonyl (C=O) groups excluding carboxylic acids is 3. The van der Waals surface area contributed by atoms with Crippen LogP contribution in [0, 0.1) is 5.92 Å². The number of rotatable bonds is 7. The molecule has 3 atom stereocenters. The third-order valence-electron chi connectivity index (χ3n) is 6.78. The van der Waals surface area contributed by atoms with Gasteiger partial charge >= 0.3 is 0 Å². The van der Waals surface area contributed by atoms with Gasteiger partial charge in [-0.3, -0.25) is 14.4 Å². The second kappa shape index (κ2) is 9.92. The molecule has 4 rings (SSSR count). The van der Waals surface area contributed by atoms with Gasteiger partial charge in [-0.1, -0.05) is 44.2 Å². The van der Waals surface area contributed by atoms with Crippen molar-refractivity contribution in [2.45, 2.75) is 45.4 Å². The molecule has 184 valence electrons. The maximum absolute atomic E-state index is 13.8. The second-order valence-electron chi connectivity index (χ2n) is 9.46. The predicted molar refractivity (Wildman–Crippen MR) is 137 cm³/mol. The number of aromatic nitrogens is 1. The molecule has 0 saturated heterocycles. The van der Waals surface area contributed by atoms with Gasteiger partial charge in [0.1, 0.15) is 12.1 Å². The van der Waals surface area contributed by atoms with Crippen LogP contribution in [0.25, 0.3) is 10.9 Å². The summed E-state index contributed by atoms with van der Waals surface area (Å²) in [6.07, 6.45) is 1.95. The average Bonchev–Trinajstić information content (AvgIpc) is 3.42. The van der Waals surface area contributed by atoms with E-state index in [0.29, 0.717) is 12.2 Å². The molecule has 0 fully saturated rings. The van der Waals surface area contributed by atoms with E-state index in [0.717, 1.165) is 22.0 Å². The quantitative estimate of drug-likeness (QED) is 0.490. The summed E-state index contributed by atoms with van der Waals surface area (Å²) in [6.45, 7) is 5.83. The summed E-state index contributed by atoms with van der Waals surface area (Å²) in [7, 11) is 3.65. The fraction of sp³-hybridized carbons (Fsp3) is 0.370. The summed E-state index contributed by atoms with van der Waals surface area (Å²) in [5.74, 6) is -0.961. The van der Waals surface area contributed by atoms with Crippen LogP contribution in [0.2, 0.25) is 0 Å². The molecule has 0 aliphatic carbocycles. The fourth-order valence-corrected chi connectivity index (χ4v) is 4.59. The molecule has 0 spiro atoms. The number of benzene rings is 2. The van der Waals surface area contributed by atoms with E-state index in [1.807, 2.05) is 80.2 Å². The molecule has 3 aromatic rings. The van der Waals surface area contributed by atoms with Crippen molar-refractivity contribution in [2.75, 3.05) is 12.4 Å². The number of hydrogen-bond acceptors (Lipinski definition) is 4. The standard InChI is InChI=1S/C27H33N5O3/c1-16(2)23(30-25(33)17(3)28-4)27(35)32-15-18-9-6-7-10-19(18)24(32)26(34)29-21-11-8-12-22-20(21)13-14-31(22)5/h6-14,16-17,23-24,28H,15H2,1-5H3,(H,29,34)(H,30,33). The fourth-order valence-electron chi connectivity index (χ4n) is 4.59. The van der Waals surface area contributed by atoms with Crippen LogP contribution in [0.1, 0.15) is 37.9 Å². The van der Waals surface area contributed by atoms with Crippen molar-refractivity contribution < 1.29 is 14.4 Å². The maximum atomic E-state index is 13.8. The lowest BCUT2D eigenvalue weighted by atomic mass is 10.0. The summed E-state index contributed by atoms with van der Waals surface area (Å²) in [6, 6.07) is 13.3. The molecule has 0 bridgehead atoms. The first-order valence-electron chi connectivity index (χ1n) is 11.9. The second-order valence-corrected chi connectivity index (χ2v) is 9.46. The highest BCUT2D eigenvalue weighted by Gasteiger charge is 2.42. The highest BCUT2D eigenvalue weighted by atomic mass is 16.2. The van der Waals surface area contributed by atoms with Crippen LogP contribution in [0.5, 0.6) is 0 Å². The Bertz CT molecular complexity index is 1260. The van der Waals surface area contributed by atoms with Gasteiger partial charge in [0.25, 0.3) is 5.91 Å². The monoisotopic (exact) mass is 475 g/mol. The molecule has 8 nitrogen and oxygen atoms in total. The van der Waals surface area contributed by atoms with Crippen LogP contribution >= 0.6 is 0 Å². The van der Waals surface area contributed by atoms with E-state index in [4.69, 9.17) is 0 Å². The lowest BCUT2D eigenvalue weighted by Gasteiger charge is -2.31. The Morgan fingerprint density at radius 3 is 2.46 bits per heavy atom. The smallest absolute Gasteiger partial charge is 0.251 e. The first kappa shape index (κ1) is 24.5. The molecule has 1 aliphatic rings. The highest BCUT2D eigenvalue weighted by Crippen LogP contribution is 2.36. The number of hydrogen-bond donors (Lipinski definition) is 3. The largest absolute Gasteiger partial charge is 0.350 e. The van der Waals surface area contributed by atoms with Crippen LogP contribution in [0.4, 0.5) is 5.69 Å². The number of likely N-dealkylation sites (N-methyl/N-ethyl adjacent to an activating group) is 1. The Hall–Kier alpha value is -3.65. The summed E-state index contributed by atoms with van der Waals surface area (Å²) >= 11 is 0. The van der Waals surface area contributed by atoms with Gasteiger partial charge in [-0.15, -0.1) is 0 Å². The number of anilines is 1. The SMILES string of the molecule is CNC(C)C(=O)NC(C(=O)N1Cc2ccccc2C1C(=O)Nc1cccc2c1ccn2C)C(C)C. The van der Waals surface area contributed by atoms with E-state index >= 15 is 0 Å². The van der Waals surface area contributed by atoms with Crippen molar-refractivity contribution in [1.29, 1.82) is 0 Å². The molecule has 35 heavy (non-hydrogen) atoms. The van der Waals surface area contributed by atoms with Gasteiger partial charge in [0.05, 0.1) is 11.7 Å². The van der Waals surface area contributed by atoms with Gasteiger partial charge in [-0.25, -0.2) is 0 Å². The molecule has 1 aromatic heterocycles. The first-order valence-corrected chi connectivity index (χ1v) is 11.9. The van der Waals surface area contributed by atoms with Crippen LogP contribution in [-0.4, -0.2) is 46.3 Å². The van der Waals surface area contributed by atoms with Crippen LogP contribution < -0.4 is 16.0 Å². The molecule has 1 aliphatic heterocycles. The molecule has 0 saturated carbocycles. The predicted octanol–water partition coefficient (Wildman–Crippen LogP) is 2.95. The molecule has 3 unspecified atom stereocenters. The van der Waals surface area contributed by atoms with E-state index < -0.39 is 18.1 Å². The Morgan fingerprint density at radius 2 is 1.74 bits per heavy atom. The zero-order valence-electron chi connectivity index (χ0n) is 20.8. The topological polar surface area (TPSA) is 95.5 Å². The average molecular weight is 476 g/mol. The summed E-state index contributed by atoms with van der Waals surface area (Å²) in [5.41, 5.74) is 3.43. The molecule has 3 N–H and O–H groups in total. The summed E-state index contributed by atoms with van der Waals surface area (Å²) in [5, 5.41) is 9.77. The minimum absolute atomic E-state index is 0.152. The molecular weight excluding hydrogens is 442 g/mol. The van der Waals surface area contributed by atoms with Gasteiger partial charge in [0.2, 0.25) is 11.8 Å². The highest BCUT2D eigenvalue weighted by molar-refractivity contribution is 6.05. The third-order valence-corrected chi connectivity index (χ3v) is 6.78. The van der Waals surface area contributed by atoms with Crippen molar-refractivity contribution >= 4 is 34.3 Å². The maximum Gasteiger partial charge on any atom is 0.251 e. The Kier molecular flexibility index (Phi) is 6.93. The Morgan fingerprint density at radius 1 is 1.00 bits per heavy atom. The third kappa shape index (κ3) is 4.66. The van der Waals surface area contributed by atoms with E-state index in [9.17, 15) is 14.4 Å².